The third-order valence-electron chi connectivity index (χ3n) is 5.14. The molecule has 31 heavy (non-hydrogen) atoms. The summed E-state index contributed by atoms with van der Waals surface area (Å²) >= 11 is 0.878. The Bertz CT molecular complexity index is 1190. The molecule has 0 saturated carbocycles. The fourth-order valence-corrected chi connectivity index (χ4v) is 6.51. The molecule has 0 spiro atoms. The molecule has 3 aromatic rings. The van der Waals surface area contributed by atoms with Crippen LogP contribution < -0.4 is 4.90 Å². The second-order valence-electron chi connectivity index (χ2n) is 7.44. The number of aromatic nitrogens is 1. The summed E-state index contributed by atoms with van der Waals surface area (Å²) in [6.07, 6.45) is -4.65. The van der Waals surface area contributed by atoms with E-state index in [0.29, 0.717) is 24.5 Å². The molecule has 0 unspecified atom stereocenters. The first-order valence-electron chi connectivity index (χ1n) is 9.53. The summed E-state index contributed by atoms with van der Waals surface area (Å²) in [5.74, 6) is -1.22. The first-order valence-corrected chi connectivity index (χ1v) is 11.8. The molecule has 0 aliphatic carbocycles. The normalized spacial score (nSPS) is 18.5. The zero-order valence-electron chi connectivity index (χ0n) is 16.8. The van der Waals surface area contributed by atoms with Crippen LogP contribution in [0.25, 0.3) is 10.6 Å². The van der Waals surface area contributed by atoms with Crippen LogP contribution in [0.4, 0.5) is 18.9 Å². The van der Waals surface area contributed by atoms with Crippen LogP contribution in [-0.2, 0) is 16.2 Å². The molecule has 0 radical (unpaired) electrons. The maximum absolute atomic E-state index is 13.1. The highest BCUT2D eigenvalue weighted by Crippen LogP contribution is 2.36. The van der Waals surface area contributed by atoms with Gasteiger partial charge in [-0.25, -0.2) is 8.42 Å². The number of sulfonamides is 1. The van der Waals surface area contributed by atoms with Crippen LogP contribution in [0.1, 0.15) is 18.2 Å². The average molecular weight is 472 g/mol. The van der Waals surface area contributed by atoms with Gasteiger partial charge in [0.1, 0.15) is 9.90 Å². The van der Waals surface area contributed by atoms with Crippen LogP contribution in [0.5, 0.6) is 0 Å². The minimum absolute atomic E-state index is 0.0327. The first-order chi connectivity index (χ1) is 14.6. The molecule has 1 atom stereocenters. The van der Waals surface area contributed by atoms with Crippen molar-refractivity contribution in [1.82, 2.24) is 9.46 Å². The summed E-state index contributed by atoms with van der Waals surface area (Å²) in [4.78, 5) is 2.47. The fraction of sp³-hybridized carbons (Fsp3) is 0.350. The number of alkyl halides is 3. The minimum atomic E-state index is -4.65. The van der Waals surface area contributed by atoms with Crippen LogP contribution in [0, 0.1) is 6.92 Å². The Labute approximate surface area is 181 Å². The van der Waals surface area contributed by atoms with Crippen molar-refractivity contribution in [3.63, 3.8) is 0 Å². The van der Waals surface area contributed by atoms with Crippen molar-refractivity contribution in [2.75, 3.05) is 24.5 Å². The van der Waals surface area contributed by atoms with E-state index in [1.165, 1.54) is 16.4 Å². The maximum Gasteiger partial charge on any atom is 0.452 e. The molecule has 1 aliphatic heterocycles. The molecule has 6 nitrogen and oxygen atoms in total. The lowest BCUT2D eigenvalue weighted by atomic mass is 10.1. The standard InChI is InChI=1S/C20H20F3N3O3S2/c1-13-4-3-5-15(10-13)26-9-8-25(12-14(26)2)31(27,28)19-7-6-17(30-19)16-11-18(29-24-16)20(21,22)23/h3-7,10-11,14H,8-9,12H2,1-2H3/t14-/m1/s1. The van der Waals surface area contributed by atoms with Gasteiger partial charge in [-0.15, -0.1) is 11.3 Å². The van der Waals surface area contributed by atoms with Crippen molar-refractivity contribution in [1.29, 1.82) is 0 Å². The Morgan fingerprint density at radius 1 is 1.16 bits per heavy atom. The molecule has 11 heteroatoms. The lowest BCUT2D eigenvalue weighted by Gasteiger charge is -2.40. The Balaban J connectivity index is 1.51. The molecule has 166 valence electrons. The fourth-order valence-electron chi connectivity index (χ4n) is 3.58. The van der Waals surface area contributed by atoms with E-state index in [0.717, 1.165) is 28.7 Å². The molecule has 0 N–H and O–H groups in total. The number of rotatable bonds is 4. The smallest absolute Gasteiger partial charge is 0.366 e. The largest absolute Gasteiger partial charge is 0.452 e. The number of aryl methyl sites for hydroxylation is 1. The number of benzene rings is 1. The molecule has 0 bridgehead atoms. The molecule has 3 heterocycles. The van der Waals surface area contributed by atoms with Crippen LogP contribution in [0.3, 0.4) is 0 Å². The van der Waals surface area contributed by atoms with E-state index in [-0.39, 0.29) is 15.9 Å². The highest BCUT2D eigenvalue weighted by Gasteiger charge is 2.37. The van der Waals surface area contributed by atoms with Crippen molar-refractivity contribution in [3.05, 3.63) is 53.8 Å². The molecule has 2 aromatic heterocycles. The van der Waals surface area contributed by atoms with Gasteiger partial charge in [0.05, 0.1) is 4.88 Å². The van der Waals surface area contributed by atoms with E-state index in [4.69, 9.17) is 0 Å². The second kappa shape index (κ2) is 7.95. The molecule has 1 fully saturated rings. The van der Waals surface area contributed by atoms with E-state index in [1.807, 2.05) is 32.0 Å². The van der Waals surface area contributed by atoms with E-state index in [2.05, 4.69) is 20.6 Å². The summed E-state index contributed by atoms with van der Waals surface area (Å²) in [6.45, 7) is 5.15. The number of anilines is 1. The minimum Gasteiger partial charge on any atom is -0.366 e. The van der Waals surface area contributed by atoms with Gasteiger partial charge in [0.15, 0.2) is 0 Å². The topological polar surface area (TPSA) is 66.7 Å². The highest BCUT2D eigenvalue weighted by molar-refractivity contribution is 7.91. The number of hydrogen-bond acceptors (Lipinski definition) is 6. The molecule has 1 aliphatic rings. The maximum atomic E-state index is 13.1. The van der Waals surface area contributed by atoms with Gasteiger partial charge in [-0.3, -0.25) is 0 Å². The van der Waals surface area contributed by atoms with Gasteiger partial charge in [0.2, 0.25) is 5.76 Å². The predicted molar refractivity (Wildman–Crippen MR) is 112 cm³/mol. The number of thiophene rings is 1. The summed E-state index contributed by atoms with van der Waals surface area (Å²) < 4.78 is 70.3. The van der Waals surface area contributed by atoms with Gasteiger partial charge in [0, 0.05) is 37.4 Å². The summed E-state index contributed by atoms with van der Waals surface area (Å²) in [5.41, 5.74) is 2.14. The third-order valence-corrected chi connectivity index (χ3v) is 8.58. The molecule has 0 amide bonds. The highest BCUT2D eigenvalue weighted by atomic mass is 32.2. The lowest BCUT2D eigenvalue weighted by Crippen LogP contribution is -2.53. The SMILES string of the molecule is Cc1cccc(N2CCN(S(=O)(=O)c3ccc(-c4cc(C(F)(F)F)on4)s3)C[C@H]2C)c1. The first kappa shape index (κ1) is 21.8. The number of hydrogen-bond donors (Lipinski definition) is 0. The number of nitrogens with zero attached hydrogens (tertiary/aromatic N) is 3. The molecule has 1 aromatic carbocycles. The molecular weight excluding hydrogens is 451 g/mol. The van der Waals surface area contributed by atoms with Crippen LogP contribution in [-0.4, -0.2) is 43.6 Å². The average Bonchev–Trinajstić information content (AvgIpc) is 3.37. The van der Waals surface area contributed by atoms with Gasteiger partial charge in [-0.1, -0.05) is 17.3 Å². The van der Waals surface area contributed by atoms with E-state index in [1.54, 1.807) is 0 Å². The van der Waals surface area contributed by atoms with Gasteiger partial charge >= 0.3 is 6.18 Å². The van der Waals surface area contributed by atoms with Crippen molar-refractivity contribution >= 4 is 27.0 Å². The monoisotopic (exact) mass is 471 g/mol. The van der Waals surface area contributed by atoms with Crippen LogP contribution >= 0.6 is 11.3 Å². The Morgan fingerprint density at radius 3 is 2.58 bits per heavy atom. The molecular formula is C20H20F3N3O3S2. The van der Waals surface area contributed by atoms with E-state index in [9.17, 15) is 21.6 Å². The third kappa shape index (κ3) is 4.35. The molecule has 4 rings (SSSR count). The summed E-state index contributed by atoms with van der Waals surface area (Å²) in [7, 11) is -3.77. The Morgan fingerprint density at radius 2 is 1.94 bits per heavy atom. The van der Waals surface area contributed by atoms with Crippen LogP contribution in [0.15, 0.2) is 51.2 Å². The number of halogens is 3. The second-order valence-corrected chi connectivity index (χ2v) is 10.7. The van der Waals surface area contributed by atoms with Crippen molar-refractivity contribution in [2.45, 2.75) is 30.3 Å². The lowest BCUT2D eigenvalue weighted by molar-refractivity contribution is -0.155. The number of piperazine rings is 1. The van der Waals surface area contributed by atoms with Gasteiger partial charge in [-0.2, -0.15) is 17.5 Å². The zero-order chi connectivity index (χ0) is 22.4. The van der Waals surface area contributed by atoms with Crippen LogP contribution in [0.2, 0.25) is 0 Å². The quantitative estimate of drug-likeness (QED) is 0.555. The van der Waals surface area contributed by atoms with Gasteiger partial charge in [-0.05, 0) is 43.7 Å². The van der Waals surface area contributed by atoms with E-state index < -0.39 is 22.0 Å². The van der Waals surface area contributed by atoms with Crippen molar-refractivity contribution in [3.8, 4) is 10.6 Å². The predicted octanol–water partition coefficient (Wildman–Crippen LogP) is 4.63. The zero-order valence-corrected chi connectivity index (χ0v) is 18.4. The molecule has 1 saturated heterocycles. The van der Waals surface area contributed by atoms with Gasteiger partial charge < -0.3 is 9.42 Å². The Kier molecular flexibility index (Phi) is 5.61. The summed E-state index contributed by atoms with van der Waals surface area (Å²) in [5, 5.41) is 3.42. The summed E-state index contributed by atoms with van der Waals surface area (Å²) in [6, 6.07) is 11.6. The Hall–Kier alpha value is -2.37. The van der Waals surface area contributed by atoms with Crippen molar-refractivity contribution < 1.29 is 26.1 Å². The van der Waals surface area contributed by atoms with E-state index >= 15 is 0 Å². The van der Waals surface area contributed by atoms with Crippen molar-refractivity contribution in [2.24, 2.45) is 0 Å². The van der Waals surface area contributed by atoms with Gasteiger partial charge in [0.25, 0.3) is 10.0 Å².